The van der Waals surface area contributed by atoms with Crippen LogP contribution in [0.2, 0.25) is 0 Å². The van der Waals surface area contributed by atoms with Gasteiger partial charge in [-0.1, -0.05) is 6.08 Å². The van der Waals surface area contributed by atoms with E-state index in [0.29, 0.717) is 33.9 Å². The minimum atomic E-state index is -0.809. The van der Waals surface area contributed by atoms with Crippen LogP contribution in [0.4, 0.5) is 0 Å². The Hall–Kier alpha value is -3.02. The van der Waals surface area contributed by atoms with Gasteiger partial charge in [-0.3, -0.25) is 4.79 Å². The molecule has 0 fully saturated rings. The smallest absolute Gasteiger partial charge is 0.339 e. The Morgan fingerprint density at radius 1 is 1.17 bits per heavy atom. The Labute approximate surface area is 138 Å². The standard InChI is InChI=1S/C18H17NO5/c1-4-5-10-6-14(20)13(9-19-10)17-16-12(18(21)24-17)7-11(22-2)8-15(16)23-3/h4-9,17H,1-3H3,(H,19,20). The number of esters is 1. The number of pyridine rings is 1. The van der Waals surface area contributed by atoms with Crippen LogP contribution in [0.5, 0.6) is 11.5 Å². The number of hydrogen-bond donors (Lipinski definition) is 1. The van der Waals surface area contributed by atoms with Gasteiger partial charge >= 0.3 is 5.97 Å². The van der Waals surface area contributed by atoms with Gasteiger partial charge in [0.2, 0.25) is 0 Å². The average molecular weight is 327 g/mol. The Bertz CT molecular complexity index is 881. The van der Waals surface area contributed by atoms with E-state index in [9.17, 15) is 9.59 Å². The lowest BCUT2D eigenvalue weighted by Crippen LogP contribution is -2.15. The van der Waals surface area contributed by atoms with E-state index in [1.54, 1.807) is 24.4 Å². The van der Waals surface area contributed by atoms with Gasteiger partial charge in [0.15, 0.2) is 11.5 Å². The summed E-state index contributed by atoms with van der Waals surface area (Å²) in [4.78, 5) is 27.7. The number of benzene rings is 1. The summed E-state index contributed by atoms with van der Waals surface area (Å²) in [6.45, 7) is 1.86. The normalized spacial score (nSPS) is 16.1. The molecule has 1 N–H and O–H groups in total. The lowest BCUT2D eigenvalue weighted by molar-refractivity contribution is 0.0452. The number of rotatable bonds is 4. The molecule has 24 heavy (non-hydrogen) atoms. The number of ether oxygens (including phenoxy) is 3. The Balaban J connectivity index is 2.14. The van der Waals surface area contributed by atoms with E-state index in [2.05, 4.69) is 4.98 Å². The molecule has 0 saturated carbocycles. The van der Waals surface area contributed by atoms with Crippen molar-refractivity contribution in [2.45, 2.75) is 13.0 Å². The Kier molecular flexibility index (Phi) is 4.12. The lowest BCUT2D eigenvalue weighted by atomic mass is 9.98. The van der Waals surface area contributed by atoms with Crippen molar-refractivity contribution in [2.75, 3.05) is 14.2 Å². The van der Waals surface area contributed by atoms with Crippen molar-refractivity contribution in [3.8, 4) is 11.5 Å². The molecule has 6 nitrogen and oxygen atoms in total. The van der Waals surface area contributed by atoms with E-state index in [0.717, 1.165) is 0 Å². The summed E-state index contributed by atoms with van der Waals surface area (Å²) in [5.74, 6) is 0.418. The first-order valence-electron chi connectivity index (χ1n) is 7.41. The third-order valence-electron chi connectivity index (χ3n) is 3.87. The number of aromatic nitrogens is 1. The van der Waals surface area contributed by atoms with E-state index < -0.39 is 12.1 Å². The van der Waals surface area contributed by atoms with Crippen LogP contribution in [0.1, 0.15) is 40.2 Å². The SMILES string of the molecule is CC=Cc1cc(=O)c(C2OC(=O)c3cc(OC)cc(OC)c32)c[nH]1. The second-order valence-electron chi connectivity index (χ2n) is 5.28. The molecule has 1 aliphatic heterocycles. The largest absolute Gasteiger partial charge is 0.497 e. The molecule has 1 unspecified atom stereocenters. The monoisotopic (exact) mass is 327 g/mol. The van der Waals surface area contributed by atoms with Crippen LogP contribution in [-0.2, 0) is 4.74 Å². The van der Waals surface area contributed by atoms with Crippen LogP contribution < -0.4 is 14.9 Å². The number of H-pyrrole nitrogens is 1. The highest BCUT2D eigenvalue weighted by molar-refractivity contribution is 5.96. The summed E-state index contributed by atoms with van der Waals surface area (Å²) in [5.41, 5.74) is 1.68. The molecule has 0 radical (unpaired) electrons. The number of hydrogen-bond acceptors (Lipinski definition) is 5. The quantitative estimate of drug-likeness (QED) is 0.874. The van der Waals surface area contributed by atoms with Crippen molar-refractivity contribution < 1.29 is 19.0 Å². The molecule has 0 amide bonds. The van der Waals surface area contributed by atoms with Gasteiger partial charge in [-0.25, -0.2) is 4.79 Å². The van der Waals surface area contributed by atoms with Crippen molar-refractivity contribution in [1.29, 1.82) is 0 Å². The molecule has 2 heterocycles. The first kappa shape index (κ1) is 15.9. The number of allylic oxidation sites excluding steroid dienone is 1. The van der Waals surface area contributed by atoms with E-state index in [1.807, 2.05) is 13.0 Å². The van der Waals surface area contributed by atoms with Crippen LogP contribution in [-0.4, -0.2) is 25.2 Å². The van der Waals surface area contributed by atoms with Crippen LogP contribution in [0.3, 0.4) is 0 Å². The molecule has 1 aromatic heterocycles. The predicted molar refractivity (Wildman–Crippen MR) is 88.6 cm³/mol. The zero-order valence-electron chi connectivity index (χ0n) is 13.6. The second kappa shape index (κ2) is 6.23. The number of cyclic esters (lactones) is 1. The summed E-state index contributed by atoms with van der Waals surface area (Å²) in [5, 5.41) is 0. The molecule has 6 heteroatoms. The van der Waals surface area contributed by atoms with Crippen LogP contribution in [0.15, 0.2) is 35.3 Å². The molecule has 1 atom stereocenters. The third-order valence-corrected chi connectivity index (χ3v) is 3.87. The zero-order chi connectivity index (χ0) is 17.3. The molecule has 0 spiro atoms. The fraction of sp³-hybridized carbons (Fsp3) is 0.222. The molecule has 0 aliphatic carbocycles. The maximum absolute atomic E-state index is 12.4. The number of nitrogens with one attached hydrogen (secondary N) is 1. The molecular weight excluding hydrogens is 310 g/mol. The molecule has 0 bridgehead atoms. The molecule has 0 saturated heterocycles. The van der Waals surface area contributed by atoms with Crippen LogP contribution >= 0.6 is 0 Å². The minimum Gasteiger partial charge on any atom is -0.497 e. The predicted octanol–water partition coefficient (Wildman–Crippen LogP) is 2.69. The maximum atomic E-state index is 12.4. The highest BCUT2D eigenvalue weighted by atomic mass is 16.6. The summed E-state index contributed by atoms with van der Waals surface area (Å²) in [7, 11) is 3.00. The number of carbonyl (C=O) groups is 1. The summed E-state index contributed by atoms with van der Waals surface area (Å²) in [6.07, 6.45) is 4.36. The van der Waals surface area contributed by atoms with Gasteiger partial charge in [-0.15, -0.1) is 0 Å². The first-order valence-corrected chi connectivity index (χ1v) is 7.41. The van der Waals surface area contributed by atoms with E-state index >= 15 is 0 Å². The average Bonchev–Trinajstić information content (AvgIpc) is 2.91. The van der Waals surface area contributed by atoms with Gasteiger partial charge in [0.05, 0.1) is 30.9 Å². The molecule has 1 aliphatic rings. The first-order chi connectivity index (χ1) is 11.6. The van der Waals surface area contributed by atoms with Gasteiger partial charge in [-0.05, 0) is 19.1 Å². The number of methoxy groups -OCH3 is 2. The topological polar surface area (TPSA) is 77.6 Å². The van der Waals surface area contributed by atoms with Crippen molar-refractivity contribution >= 4 is 12.0 Å². The minimum absolute atomic E-state index is 0.217. The van der Waals surface area contributed by atoms with Crippen LogP contribution in [0, 0.1) is 0 Å². The zero-order valence-corrected chi connectivity index (χ0v) is 13.6. The molecule has 2 aromatic rings. The fourth-order valence-electron chi connectivity index (χ4n) is 2.75. The van der Waals surface area contributed by atoms with Gasteiger partial charge < -0.3 is 19.2 Å². The highest BCUT2D eigenvalue weighted by Crippen LogP contribution is 2.42. The number of aromatic amines is 1. The summed E-state index contributed by atoms with van der Waals surface area (Å²) in [6, 6.07) is 4.72. The third kappa shape index (κ3) is 2.56. The van der Waals surface area contributed by atoms with E-state index in [4.69, 9.17) is 14.2 Å². The number of carbonyl (C=O) groups excluding carboxylic acids is 1. The molecule has 124 valence electrons. The van der Waals surface area contributed by atoms with E-state index in [1.165, 1.54) is 20.3 Å². The van der Waals surface area contributed by atoms with Gasteiger partial charge in [-0.2, -0.15) is 0 Å². The molecule has 3 rings (SSSR count). The van der Waals surface area contributed by atoms with E-state index in [-0.39, 0.29) is 5.43 Å². The second-order valence-corrected chi connectivity index (χ2v) is 5.28. The van der Waals surface area contributed by atoms with Gasteiger partial charge in [0, 0.05) is 24.0 Å². The van der Waals surface area contributed by atoms with Gasteiger partial charge in [0.1, 0.15) is 11.5 Å². The number of fused-ring (bicyclic) bond motifs is 1. The highest BCUT2D eigenvalue weighted by Gasteiger charge is 2.37. The lowest BCUT2D eigenvalue weighted by Gasteiger charge is -2.14. The van der Waals surface area contributed by atoms with Crippen LogP contribution in [0.25, 0.3) is 6.08 Å². The molecule has 1 aromatic carbocycles. The van der Waals surface area contributed by atoms with Crippen molar-refractivity contribution in [3.63, 3.8) is 0 Å². The molecular formula is C18H17NO5. The Morgan fingerprint density at radius 3 is 2.58 bits per heavy atom. The summed E-state index contributed by atoms with van der Waals surface area (Å²) >= 11 is 0. The van der Waals surface area contributed by atoms with Gasteiger partial charge in [0.25, 0.3) is 0 Å². The maximum Gasteiger partial charge on any atom is 0.339 e. The van der Waals surface area contributed by atoms with Crippen molar-refractivity contribution in [1.82, 2.24) is 4.98 Å². The fourth-order valence-corrected chi connectivity index (χ4v) is 2.75. The Morgan fingerprint density at radius 2 is 1.96 bits per heavy atom. The van der Waals surface area contributed by atoms with Crippen molar-refractivity contribution in [3.05, 3.63) is 63.1 Å². The van der Waals surface area contributed by atoms with Crippen molar-refractivity contribution in [2.24, 2.45) is 0 Å². The summed E-state index contributed by atoms with van der Waals surface area (Å²) < 4.78 is 16.0.